The third-order valence-electron chi connectivity index (χ3n) is 1.29. The SMILES string of the molecule is CSc1ncc(C#CCN)c(=O)[nH]1. The lowest BCUT2D eigenvalue weighted by Gasteiger charge is -1.93. The van der Waals surface area contributed by atoms with Gasteiger partial charge in [0, 0.05) is 0 Å². The maximum absolute atomic E-state index is 11.3. The molecule has 0 amide bonds. The molecule has 5 heteroatoms. The van der Waals surface area contributed by atoms with Crippen molar-refractivity contribution in [3.05, 3.63) is 22.1 Å². The van der Waals surface area contributed by atoms with Crippen LogP contribution in [0, 0.1) is 11.8 Å². The highest BCUT2D eigenvalue weighted by atomic mass is 32.2. The van der Waals surface area contributed by atoms with Crippen LogP contribution in [0.2, 0.25) is 0 Å². The Morgan fingerprint density at radius 3 is 3.08 bits per heavy atom. The van der Waals surface area contributed by atoms with Crippen LogP contribution in [0.4, 0.5) is 0 Å². The van der Waals surface area contributed by atoms with Crippen LogP contribution in [0.3, 0.4) is 0 Å². The predicted molar refractivity (Wildman–Crippen MR) is 52.6 cm³/mol. The van der Waals surface area contributed by atoms with Gasteiger partial charge in [0.2, 0.25) is 0 Å². The van der Waals surface area contributed by atoms with Gasteiger partial charge in [-0.2, -0.15) is 0 Å². The van der Waals surface area contributed by atoms with Crippen LogP contribution in [0.25, 0.3) is 0 Å². The molecule has 13 heavy (non-hydrogen) atoms. The van der Waals surface area contributed by atoms with E-state index in [2.05, 4.69) is 21.8 Å². The van der Waals surface area contributed by atoms with E-state index in [1.54, 1.807) is 0 Å². The lowest BCUT2D eigenvalue weighted by Crippen LogP contribution is -2.11. The standard InChI is InChI=1S/C8H9N3OS/c1-13-8-10-5-6(3-2-4-9)7(12)11-8/h5H,4,9H2,1H3,(H,10,11,12). The van der Waals surface area contributed by atoms with Crippen molar-refractivity contribution in [3.8, 4) is 11.8 Å². The summed E-state index contributed by atoms with van der Waals surface area (Å²) in [6.45, 7) is 0.240. The molecule has 0 spiro atoms. The number of nitrogens with two attached hydrogens (primary N) is 1. The van der Waals surface area contributed by atoms with Gasteiger partial charge in [0.05, 0.1) is 12.7 Å². The fourth-order valence-electron chi connectivity index (χ4n) is 0.718. The van der Waals surface area contributed by atoms with Gasteiger partial charge in [-0.3, -0.25) is 4.79 Å². The third kappa shape index (κ3) is 2.61. The number of hydrogen-bond donors (Lipinski definition) is 2. The first-order valence-electron chi connectivity index (χ1n) is 3.60. The molecule has 1 heterocycles. The van der Waals surface area contributed by atoms with Gasteiger partial charge in [-0.15, -0.1) is 0 Å². The number of nitrogens with one attached hydrogen (secondary N) is 1. The van der Waals surface area contributed by atoms with Gasteiger partial charge in [-0.25, -0.2) is 4.98 Å². The Kier molecular flexibility index (Phi) is 3.55. The summed E-state index contributed by atoms with van der Waals surface area (Å²) in [6.07, 6.45) is 3.29. The Morgan fingerprint density at radius 2 is 2.54 bits per heavy atom. The highest BCUT2D eigenvalue weighted by Gasteiger charge is 1.97. The van der Waals surface area contributed by atoms with Gasteiger partial charge in [0.25, 0.3) is 5.56 Å². The van der Waals surface area contributed by atoms with Gasteiger partial charge in [0.15, 0.2) is 5.16 Å². The van der Waals surface area contributed by atoms with E-state index in [-0.39, 0.29) is 12.1 Å². The van der Waals surface area contributed by atoms with Crippen molar-refractivity contribution >= 4 is 11.8 Å². The summed E-state index contributed by atoms with van der Waals surface area (Å²) in [7, 11) is 0. The average Bonchev–Trinajstić information content (AvgIpc) is 2.16. The smallest absolute Gasteiger partial charge is 0.267 e. The summed E-state index contributed by atoms with van der Waals surface area (Å²) < 4.78 is 0. The molecular formula is C8H9N3OS. The largest absolute Gasteiger partial charge is 0.320 e. The molecule has 0 aliphatic rings. The molecule has 0 saturated heterocycles. The van der Waals surface area contributed by atoms with Gasteiger partial charge in [-0.1, -0.05) is 23.6 Å². The second-order valence-corrected chi connectivity index (χ2v) is 2.94. The molecule has 0 unspecified atom stereocenters. The first kappa shape index (κ1) is 9.84. The van der Waals surface area contributed by atoms with Crippen molar-refractivity contribution in [1.82, 2.24) is 9.97 Å². The molecule has 3 N–H and O–H groups in total. The second kappa shape index (κ2) is 4.70. The zero-order chi connectivity index (χ0) is 9.68. The van der Waals surface area contributed by atoms with Crippen molar-refractivity contribution < 1.29 is 0 Å². The van der Waals surface area contributed by atoms with Gasteiger partial charge >= 0.3 is 0 Å². The number of nitrogens with zero attached hydrogens (tertiary/aromatic N) is 1. The number of aromatic nitrogens is 2. The minimum Gasteiger partial charge on any atom is -0.320 e. The Balaban J connectivity index is 3.06. The van der Waals surface area contributed by atoms with Gasteiger partial charge < -0.3 is 10.7 Å². The fraction of sp³-hybridized carbons (Fsp3) is 0.250. The molecule has 1 aromatic heterocycles. The van der Waals surface area contributed by atoms with E-state index < -0.39 is 0 Å². The number of H-pyrrole nitrogens is 1. The van der Waals surface area contributed by atoms with E-state index in [9.17, 15) is 4.79 Å². The molecule has 0 fully saturated rings. The van der Waals surface area contributed by atoms with Crippen LogP contribution in [-0.2, 0) is 0 Å². The molecule has 1 rings (SSSR count). The Bertz CT molecular complexity index is 402. The fourth-order valence-corrected chi connectivity index (χ4v) is 1.07. The van der Waals surface area contributed by atoms with E-state index in [1.807, 2.05) is 6.26 Å². The van der Waals surface area contributed by atoms with Crippen molar-refractivity contribution in [2.45, 2.75) is 5.16 Å². The van der Waals surface area contributed by atoms with Gasteiger partial charge in [-0.05, 0) is 6.26 Å². The van der Waals surface area contributed by atoms with Crippen molar-refractivity contribution in [2.24, 2.45) is 5.73 Å². The van der Waals surface area contributed by atoms with E-state index in [0.717, 1.165) is 0 Å². The lowest BCUT2D eigenvalue weighted by molar-refractivity contribution is 0.933. The first-order chi connectivity index (χ1) is 6.27. The molecule has 0 bridgehead atoms. The van der Waals surface area contributed by atoms with Crippen molar-refractivity contribution in [1.29, 1.82) is 0 Å². The number of rotatable bonds is 1. The Labute approximate surface area is 80.0 Å². The molecule has 0 radical (unpaired) electrons. The summed E-state index contributed by atoms with van der Waals surface area (Å²) in [5.41, 5.74) is 5.30. The van der Waals surface area contributed by atoms with Crippen LogP contribution in [0.5, 0.6) is 0 Å². The van der Waals surface area contributed by atoms with Crippen molar-refractivity contribution in [3.63, 3.8) is 0 Å². The monoisotopic (exact) mass is 195 g/mol. The zero-order valence-electron chi connectivity index (χ0n) is 7.13. The summed E-state index contributed by atoms with van der Waals surface area (Å²) in [5, 5.41) is 0.586. The second-order valence-electron chi connectivity index (χ2n) is 2.14. The lowest BCUT2D eigenvalue weighted by atomic mass is 10.3. The third-order valence-corrected chi connectivity index (χ3v) is 1.89. The molecule has 4 nitrogen and oxygen atoms in total. The Hall–Kier alpha value is -1.25. The van der Waals surface area contributed by atoms with Crippen LogP contribution >= 0.6 is 11.8 Å². The minimum absolute atomic E-state index is 0.222. The molecule has 0 aromatic carbocycles. The van der Waals surface area contributed by atoms with E-state index in [0.29, 0.717) is 10.7 Å². The highest BCUT2D eigenvalue weighted by molar-refractivity contribution is 7.98. The summed E-state index contributed by atoms with van der Waals surface area (Å²) in [5.74, 6) is 5.23. The van der Waals surface area contributed by atoms with Crippen LogP contribution < -0.4 is 11.3 Å². The molecule has 0 saturated carbocycles. The van der Waals surface area contributed by atoms with E-state index in [1.165, 1.54) is 18.0 Å². The maximum Gasteiger partial charge on any atom is 0.267 e. The molecule has 1 aromatic rings. The maximum atomic E-state index is 11.3. The molecule has 68 valence electrons. The van der Waals surface area contributed by atoms with Crippen LogP contribution in [0.15, 0.2) is 16.1 Å². The zero-order valence-corrected chi connectivity index (χ0v) is 7.94. The number of aromatic amines is 1. The van der Waals surface area contributed by atoms with E-state index in [4.69, 9.17) is 5.73 Å². The van der Waals surface area contributed by atoms with Crippen LogP contribution in [-0.4, -0.2) is 22.8 Å². The topological polar surface area (TPSA) is 71.8 Å². The normalized spacial score (nSPS) is 9.08. The summed E-state index contributed by atoms with van der Waals surface area (Å²) in [4.78, 5) is 17.8. The number of thioether (sulfide) groups is 1. The number of hydrogen-bond acceptors (Lipinski definition) is 4. The quantitative estimate of drug-likeness (QED) is 0.370. The molecular weight excluding hydrogens is 186 g/mol. The highest BCUT2D eigenvalue weighted by Crippen LogP contribution is 2.03. The van der Waals surface area contributed by atoms with Crippen LogP contribution in [0.1, 0.15) is 5.56 Å². The Morgan fingerprint density at radius 1 is 1.77 bits per heavy atom. The average molecular weight is 195 g/mol. The molecule has 0 atom stereocenters. The van der Waals surface area contributed by atoms with E-state index >= 15 is 0 Å². The predicted octanol–water partition coefficient (Wildman–Crippen LogP) is -0.198. The summed E-state index contributed by atoms with van der Waals surface area (Å²) >= 11 is 1.38. The molecule has 0 aliphatic carbocycles. The minimum atomic E-state index is -0.222. The van der Waals surface area contributed by atoms with Gasteiger partial charge in [0.1, 0.15) is 5.56 Å². The summed E-state index contributed by atoms with van der Waals surface area (Å²) in [6, 6.07) is 0. The van der Waals surface area contributed by atoms with Crippen molar-refractivity contribution in [2.75, 3.05) is 12.8 Å². The molecule has 0 aliphatic heterocycles. The first-order valence-corrected chi connectivity index (χ1v) is 4.82.